The number of rotatable bonds is 8. The molecule has 1 rings (SSSR count). The highest BCUT2D eigenvalue weighted by atomic mass is 32.2. The van der Waals surface area contributed by atoms with Gasteiger partial charge in [-0.2, -0.15) is 0 Å². The Hall–Kier alpha value is -1.23. The van der Waals surface area contributed by atoms with Crippen molar-refractivity contribution in [2.45, 2.75) is 30.6 Å². The van der Waals surface area contributed by atoms with E-state index in [1.165, 1.54) is 7.05 Å². The topological polar surface area (TPSA) is 111 Å². The third-order valence-corrected chi connectivity index (χ3v) is 5.62. The average molecular weight is 337 g/mol. The minimum atomic E-state index is -3.81. The summed E-state index contributed by atoms with van der Waals surface area (Å²) in [5, 5.41) is 13.7. The van der Waals surface area contributed by atoms with Crippen LogP contribution in [-0.4, -0.2) is 39.1 Å². The van der Waals surface area contributed by atoms with E-state index >= 15 is 0 Å². The molecule has 0 bridgehead atoms. The van der Waals surface area contributed by atoms with Crippen LogP contribution in [0.2, 0.25) is 0 Å². The standard InChI is InChI=1S/C11H19N3O5S2/c1-5-19-11(2,3)7-13-21(17,18)9-6-8(14(15)16)10(12-4)20-9/h6,12-13H,5,7H2,1-4H3. The van der Waals surface area contributed by atoms with Gasteiger partial charge in [0.15, 0.2) is 5.00 Å². The normalized spacial score (nSPS) is 12.4. The van der Waals surface area contributed by atoms with Gasteiger partial charge in [0.2, 0.25) is 10.0 Å². The lowest BCUT2D eigenvalue weighted by atomic mass is 10.1. The highest BCUT2D eigenvalue weighted by Gasteiger charge is 2.28. The molecule has 0 atom stereocenters. The largest absolute Gasteiger partial charge is 0.375 e. The lowest BCUT2D eigenvalue weighted by molar-refractivity contribution is -0.383. The van der Waals surface area contributed by atoms with Gasteiger partial charge in [0.05, 0.1) is 10.5 Å². The summed E-state index contributed by atoms with van der Waals surface area (Å²) in [6.45, 7) is 5.87. The second-order valence-electron chi connectivity index (χ2n) is 4.80. The van der Waals surface area contributed by atoms with Crippen LogP contribution in [0.5, 0.6) is 0 Å². The Balaban J connectivity index is 2.96. The first kappa shape index (κ1) is 17.8. The van der Waals surface area contributed by atoms with Crippen molar-refractivity contribution in [2.24, 2.45) is 0 Å². The molecule has 0 saturated carbocycles. The number of hydrogen-bond acceptors (Lipinski definition) is 7. The van der Waals surface area contributed by atoms with Crippen molar-refractivity contribution in [2.75, 3.05) is 25.5 Å². The molecule has 0 radical (unpaired) electrons. The van der Waals surface area contributed by atoms with Crippen molar-refractivity contribution < 1.29 is 18.1 Å². The SMILES string of the molecule is CCOC(C)(C)CNS(=O)(=O)c1cc([N+](=O)[O-])c(NC)s1. The molecule has 0 aliphatic rings. The molecule has 21 heavy (non-hydrogen) atoms. The van der Waals surface area contributed by atoms with Crippen molar-refractivity contribution in [1.29, 1.82) is 0 Å². The molecule has 0 unspecified atom stereocenters. The van der Waals surface area contributed by atoms with Crippen molar-refractivity contribution in [3.63, 3.8) is 0 Å². The maximum Gasteiger partial charge on any atom is 0.304 e. The third-order valence-electron chi connectivity index (χ3n) is 2.60. The second-order valence-corrected chi connectivity index (χ2v) is 7.85. The van der Waals surface area contributed by atoms with Gasteiger partial charge in [-0.05, 0) is 20.8 Å². The zero-order chi connectivity index (χ0) is 16.3. The number of sulfonamides is 1. The number of nitrogens with one attached hydrogen (secondary N) is 2. The van der Waals surface area contributed by atoms with Crippen LogP contribution in [0.15, 0.2) is 10.3 Å². The molecule has 1 heterocycles. The maximum absolute atomic E-state index is 12.2. The summed E-state index contributed by atoms with van der Waals surface area (Å²) in [4.78, 5) is 10.2. The molecule has 0 aromatic carbocycles. The first-order valence-electron chi connectivity index (χ1n) is 6.22. The van der Waals surface area contributed by atoms with E-state index in [-0.39, 0.29) is 21.4 Å². The van der Waals surface area contributed by atoms with E-state index in [4.69, 9.17) is 4.74 Å². The monoisotopic (exact) mass is 337 g/mol. The van der Waals surface area contributed by atoms with E-state index in [9.17, 15) is 18.5 Å². The predicted octanol–water partition coefficient (Wildman–Crippen LogP) is 1.79. The number of anilines is 1. The molecule has 10 heteroatoms. The molecule has 0 aliphatic heterocycles. The van der Waals surface area contributed by atoms with Crippen LogP contribution < -0.4 is 10.0 Å². The molecule has 0 aliphatic carbocycles. The van der Waals surface area contributed by atoms with E-state index in [0.29, 0.717) is 6.61 Å². The van der Waals surface area contributed by atoms with Crippen molar-refractivity contribution in [3.05, 3.63) is 16.2 Å². The first-order chi connectivity index (χ1) is 9.63. The van der Waals surface area contributed by atoms with E-state index in [0.717, 1.165) is 17.4 Å². The van der Waals surface area contributed by atoms with Crippen molar-refractivity contribution in [3.8, 4) is 0 Å². The highest BCUT2D eigenvalue weighted by Crippen LogP contribution is 2.36. The fourth-order valence-corrected chi connectivity index (χ4v) is 4.11. The quantitative estimate of drug-likeness (QED) is 0.553. The molecule has 0 fully saturated rings. The summed E-state index contributed by atoms with van der Waals surface area (Å²) in [6.07, 6.45) is 0. The lowest BCUT2D eigenvalue weighted by Crippen LogP contribution is -2.40. The predicted molar refractivity (Wildman–Crippen MR) is 81.4 cm³/mol. The molecule has 0 spiro atoms. The summed E-state index contributed by atoms with van der Waals surface area (Å²) in [6, 6.07) is 1.05. The van der Waals surface area contributed by atoms with Gasteiger partial charge in [0, 0.05) is 26.3 Å². The summed E-state index contributed by atoms with van der Waals surface area (Å²) in [5.74, 6) is 0. The molecule has 2 N–H and O–H groups in total. The fraction of sp³-hybridized carbons (Fsp3) is 0.636. The van der Waals surface area contributed by atoms with Crippen LogP contribution in [0.3, 0.4) is 0 Å². The van der Waals surface area contributed by atoms with Crippen LogP contribution >= 0.6 is 11.3 Å². The van der Waals surface area contributed by atoms with E-state index in [2.05, 4.69) is 10.0 Å². The van der Waals surface area contributed by atoms with Gasteiger partial charge in [-0.3, -0.25) is 10.1 Å². The van der Waals surface area contributed by atoms with Gasteiger partial charge in [-0.1, -0.05) is 11.3 Å². The number of nitro groups is 1. The molecular weight excluding hydrogens is 318 g/mol. The first-order valence-corrected chi connectivity index (χ1v) is 8.52. The summed E-state index contributed by atoms with van der Waals surface area (Å²) >= 11 is 0.815. The second kappa shape index (κ2) is 6.69. The molecule has 0 saturated heterocycles. The zero-order valence-electron chi connectivity index (χ0n) is 12.3. The summed E-state index contributed by atoms with van der Waals surface area (Å²) in [5.41, 5.74) is -0.913. The van der Waals surface area contributed by atoms with Crippen LogP contribution in [0, 0.1) is 10.1 Å². The van der Waals surface area contributed by atoms with Gasteiger partial charge in [0.25, 0.3) is 0 Å². The van der Waals surface area contributed by atoms with Crippen LogP contribution in [0.25, 0.3) is 0 Å². The smallest absolute Gasteiger partial charge is 0.304 e. The minimum absolute atomic E-state index is 0.0732. The van der Waals surface area contributed by atoms with Crippen molar-refractivity contribution in [1.82, 2.24) is 4.72 Å². The maximum atomic E-state index is 12.2. The number of nitrogens with zero attached hydrogens (tertiary/aromatic N) is 1. The Bertz CT molecular complexity index is 609. The molecule has 0 amide bonds. The Morgan fingerprint density at radius 3 is 2.52 bits per heavy atom. The Morgan fingerprint density at radius 1 is 1.48 bits per heavy atom. The molecule has 1 aromatic rings. The van der Waals surface area contributed by atoms with Gasteiger partial charge in [0.1, 0.15) is 4.21 Å². The molecular formula is C11H19N3O5S2. The van der Waals surface area contributed by atoms with Gasteiger partial charge in [-0.15, -0.1) is 0 Å². The number of hydrogen-bond donors (Lipinski definition) is 2. The Labute approximate surface area is 127 Å². The summed E-state index contributed by atoms with van der Waals surface area (Å²) < 4.78 is 32.1. The van der Waals surface area contributed by atoms with Gasteiger partial charge in [-0.25, -0.2) is 13.1 Å². The fourth-order valence-electron chi connectivity index (χ4n) is 1.59. The molecule has 8 nitrogen and oxygen atoms in total. The van der Waals surface area contributed by atoms with Crippen LogP contribution in [-0.2, 0) is 14.8 Å². The van der Waals surface area contributed by atoms with Gasteiger partial charge < -0.3 is 10.1 Å². The Morgan fingerprint density at radius 2 is 2.10 bits per heavy atom. The summed E-state index contributed by atoms with van der Waals surface area (Å²) in [7, 11) is -2.31. The van der Waals surface area contributed by atoms with Crippen LogP contribution in [0.4, 0.5) is 10.7 Å². The van der Waals surface area contributed by atoms with Gasteiger partial charge >= 0.3 is 5.69 Å². The Kier molecular flexibility index (Phi) is 5.68. The number of ether oxygens (including phenoxy) is 1. The minimum Gasteiger partial charge on any atom is -0.375 e. The number of thiophene rings is 1. The zero-order valence-corrected chi connectivity index (χ0v) is 13.9. The lowest BCUT2D eigenvalue weighted by Gasteiger charge is -2.24. The average Bonchev–Trinajstić information content (AvgIpc) is 2.82. The van der Waals surface area contributed by atoms with E-state index in [1.54, 1.807) is 13.8 Å². The molecule has 1 aromatic heterocycles. The van der Waals surface area contributed by atoms with E-state index < -0.39 is 20.5 Å². The van der Waals surface area contributed by atoms with E-state index in [1.807, 2.05) is 6.92 Å². The van der Waals surface area contributed by atoms with Crippen molar-refractivity contribution >= 4 is 32.0 Å². The molecule has 120 valence electrons. The third kappa shape index (κ3) is 4.63. The highest BCUT2D eigenvalue weighted by molar-refractivity contribution is 7.91. The van der Waals surface area contributed by atoms with Crippen LogP contribution in [0.1, 0.15) is 20.8 Å².